The highest BCUT2D eigenvalue weighted by Crippen LogP contribution is 2.30. The van der Waals surface area contributed by atoms with Crippen LogP contribution in [0.15, 0.2) is 23.1 Å². The lowest BCUT2D eigenvalue weighted by atomic mass is 9.84. The average Bonchev–Trinajstić information content (AvgIpc) is 2.61. The maximum Gasteiger partial charge on any atom is 0.242 e. The van der Waals surface area contributed by atoms with Crippen LogP contribution in [0.2, 0.25) is 0 Å². The van der Waals surface area contributed by atoms with Crippen LogP contribution in [0.5, 0.6) is 0 Å². The molecule has 0 saturated carbocycles. The molecule has 1 unspecified atom stereocenters. The van der Waals surface area contributed by atoms with Crippen molar-refractivity contribution < 1.29 is 13.2 Å². The minimum Gasteiger partial charge on any atom is -0.376 e. The van der Waals surface area contributed by atoms with Gasteiger partial charge in [0.1, 0.15) is 0 Å². The van der Waals surface area contributed by atoms with Crippen molar-refractivity contribution in [3.8, 4) is 0 Å². The molecule has 1 aromatic carbocycles. The Morgan fingerprint density at radius 1 is 1.21 bits per heavy atom. The van der Waals surface area contributed by atoms with Gasteiger partial charge in [-0.2, -0.15) is 0 Å². The molecule has 2 rings (SSSR count). The quantitative estimate of drug-likeness (QED) is 0.691. The van der Waals surface area contributed by atoms with Gasteiger partial charge in [-0.05, 0) is 56.0 Å². The number of halogens is 1. The molecule has 2 N–H and O–H groups in total. The summed E-state index contributed by atoms with van der Waals surface area (Å²) in [7, 11) is 3.15. The van der Waals surface area contributed by atoms with Gasteiger partial charge in [0.25, 0.3) is 0 Å². The molecule has 7 nitrogen and oxygen atoms in total. The number of rotatable bonds is 7. The fourth-order valence-corrected chi connectivity index (χ4v) is 4.38. The lowest BCUT2D eigenvalue weighted by molar-refractivity contribution is -0.117. The third kappa shape index (κ3) is 6.07. The van der Waals surface area contributed by atoms with E-state index in [-0.39, 0.29) is 23.2 Å². The van der Waals surface area contributed by atoms with E-state index in [2.05, 4.69) is 17.6 Å². The standard InChI is InChI=1S/C19H32N4O3S.ClH/c1-14(15-8-10-20-11-9-15)12-19(24)21-17-13-16(27(25,26)23(4)5)6-7-18(17)22(2)3;/h6-7,13-15,20H,8-12H2,1-5H3,(H,21,24);1H. The average molecular weight is 433 g/mol. The zero-order valence-corrected chi connectivity index (χ0v) is 19.0. The Morgan fingerprint density at radius 3 is 2.36 bits per heavy atom. The van der Waals surface area contributed by atoms with Crippen LogP contribution in [0.3, 0.4) is 0 Å². The highest BCUT2D eigenvalue weighted by molar-refractivity contribution is 7.89. The first kappa shape index (κ1) is 24.7. The smallest absolute Gasteiger partial charge is 0.242 e. The molecule has 1 aliphatic heterocycles. The largest absolute Gasteiger partial charge is 0.376 e. The number of anilines is 2. The monoisotopic (exact) mass is 432 g/mol. The molecule has 1 atom stereocenters. The van der Waals surface area contributed by atoms with E-state index in [4.69, 9.17) is 0 Å². The molecule has 0 aromatic heterocycles. The van der Waals surface area contributed by atoms with Crippen LogP contribution in [-0.4, -0.2) is 59.9 Å². The summed E-state index contributed by atoms with van der Waals surface area (Å²) < 4.78 is 26.0. The first-order chi connectivity index (χ1) is 12.6. The Morgan fingerprint density at radius 2 is 1.82 bits per heavy atom. The van der Waals surface area contributed by atoms with Crippen LogP contribution >= 0.6 is 12.4 Å². The van der Waals surface area contributed by atoms with Gasteiger partial charge < -0.3 is 15.5 Å². The predicted octanol–water partition coefficient (Wildman–Crippen LogP) is 2.39. The van der Waals surface area contributed by atoms with E-state index in [1.165, 1.54) is 24.5 Å². The van der Waals surface area contributed by atoms with Gasteiger partial charge in [-0.25, -0.2) is 12.7 Å². The van der Waals surface area contributed by atoms with Crippen LogP contribution in [0, 0.1) is 11.8 Å². The van der Waals surface area contributed by atoms with E-state index in [0.717, 1.165) is 31.6 Å². The van der Waals surface area contributed by atoms with Crippen molar-refractivity contribution in [3.05, 3.63) is 18.2 Å². The molecule has 1 fully saturated rings. The molecule has 0 radical (unpaired) electrons. The van der Waals surface area contributed by atoms with E-state index in [0.29, 0.717) is 23.9 Å². The van der Waals surface area contributed by atoms with Crippen LogP contribution in [-0.2, 0) is 14.8 Å². The van der Waals surface area contributed by atoms with Gasteiger partial charge >= 0.3 is 0 Å². The van der Waals surface area contributed by atoms with E-state index >= 15 is 0 Å². The highest BCUT2D eigenvalue weighted by atomic mass is 35.5. The minimum atomic E-state index is -3.56. The summed E-state index contributed by atoms with van der Waals surface area (Å²) in [6.07, 6.45) is 2.62. The Labute approximate surface area is 175 Å². The van der Waals surface area contributed by atoms with Gasteiger partial charge in [0.05, 0.1) is 16.3 Å². The van der Waals surface area contributed by atoms with Crippen LogP contribution in [0.25, 0.3) is 0 Å². The van der Waals surface area contributed by atoms with E-state index in [1.807, 2.05) is 19.0 Å². The third-order valence-corrected chi connectivity index (χ3v) is 7.01. The second-order valence-corrected chi connectivity index (χ2v) is 9.83. The number of nitrogens with zero attached hydrogens (tertiary/aromatic N) is 2. The van der Waals surface area contributed by atoms with Crippen molar-refractivity contribution >= 4 is 39.7 Å². The van der Waals surface area contributed by atoms with E-state index in [1.54, 1.807) is 12.1 Å². The van der Waals surface area contributed by atoms with Gasteiger partial charge in [-0.15, -0.1) is 12.4 Å². The number of carbonyl (C=O) groups excluding carboxylic acids is 1. The van der Waals surface area contributed by atoms with Gasteiger partial charge in [0.2, 0.25) is 15.9 Å². The molecule has 1 amide bonds. The number of benzene rings is 1. The topological polar surface area (TPSA) is 81.8 Å². The summed E-state index contributed by atoms with van der Waals surface area (Å²) in [5.41, 5.74) is 1.29. The summed E-state index contributed by atoms with van der Waals surface area (Å²) in [6.45, 7) is 4.13. The summed E-state index contributed by atoms with van der Waals surface area (Å²) in [6, 6.07) is 4.83. The Balaban J connectivity index is 0.00000392. The Hall–Kier alpha value is -1.35. The van der Waals surface area contributed by atoms with Gasteiger partial charge in [-0.3, -0.25) is 4.79 Å². The molecule has 9 heteroatoms. The summed E-state index contributed by atoms with van der Waals surface area (Å²) in [5.74, 6) is 0.762. The SMILES string of the molecule is CC(CC(=O)Nc1cc(S(=O)(=O)N(C)C)ccc1N(C)C)C1CCNCC1.Cl. The Bertz CT molecular complexity index is 762. The number of hydrogen-bond donors (Lipinski definition) is 2. The van der Waals surface area contributed by atoms with E-state index in [9.17, 15) is 13.2 Å². The van der Waals surface area contributed by atoms with Crippen LogP contribution in [0.1, 0.15) is 26.2 Å². The summed E-state index contributed by atoms with van der Waals surface area (Å²) >= 11 is 0. The number of amides is 1. The molecule has 28 heavy (non-hydrogen) atoms. The van der Waals surface area contributed by atoms with Crippen molar-refractivity contribution in [2.45, 2.75) is 31.1 Å². The number of piperidine rings is 1. The molecule has 1 aromatic rings. The molecular weight excluding hydrogens is 400 g/mol. The summed E-state index contributed by atoms with van der Waals surface area (Å²) in [5, 5.41) is 6.28. The van der Waals surface area contributed by atoms with Crippen molar-refractivity contribution in [3.63, 3.8) is 0 Å². The lowest BCUT2D eigenvalue weighted by Crippen LogP contribution is -2.32. The molecule has 1 heterocycles. The first-order valence-corrected chi connectivity index (χ1v) is 10.8. The molecule has 160 valence electrons. The molecular formula is C19H33ClN4O3S. The van der Waals surface area contributed by atoms with Crippen molar-refractivity contribution in [2.24, 2.45) is 11.8 Å². The summed E-state index contributed by atoms with van der Waals surface area (Å²) in [4.78, 5) is 14.7. The number of carbonyl (C=O) groups is 1. The van der Waals surface area contributed by atoms with Gasteiger partial charge in [-0.1, -0.05) is 6.92 Å². The molecule has 1 saturated heterocycles. The van der Waals surface area contributed by atoms with Crippen LogP contribution in [0.4, 0.5) is 11.4 Å². The zero-order valence-electron chi connectivity index (χ0n) is 17.4. The fraction of sp³-hybridized carbons (Fsp3) is 0.632. The third-order valence-electron chi connectivity index (χ3n) is 5.20. The number of hydrogen-bond acceptors (Lipinski definition) is 5. The van der Waals surface area contributed by atoms with Crippen molar-refractivity contribution in [2.75, 3.05) is 51.5 Å². The molecule has 0 aliphatic carbocycles. The number of nitrogens with one attached hydrogen (secondary N) is 2. The maximum absolute atomic E-state index is 12.6. The number of sulfonamides is 1. The van der Waals surface area contributed by atoms with Gasteiger partial charge in [0, 0.05) is 34.6 Å². The lowest BCUT2D eigenvalue weighted by Gasteiger charge is -2.28. The molecule has 0 bridgehead atoms. The van der Waals surface area contributed by atoms with Gasteiger partial charge in [0.15, 0.2) is 0 Å². The second kappa shape index (κ2) is 10.4. The normalized spacial score (nSPS) is 16.4. The van der Waals surface area contributed by atoms with Crippen molar-refractivity contribution in [1.82, 2.24) is 9.62 Å². The second-order valence-electron chi connectivity index (χ2n) is 7.68. The highest BCUT2D eigenvalue weighted by Gasteiger charge is 2.23. The van der Waals surface area contributed by atoms with E-state index < -0.39 is 10.0 Å². The Kier molecular flexibility index (Phi) is 9.20. The molecule has 1 aliphatic rings. The molecule has 0 spiro atoms. The first-order valence-electron chi connectivity index (χ1n) is 9.37. The predicted molar refractivity (Wildman–Crippen MR) is 117 cm³/mol. The zero-order chi connectivity index (χ0) is 20.2. The maximum atomic E-state index is 12.6. The van der Waals surface area contributed by atoms with Crippen molar-refractivity contribution in [1.29, 1.82) is 0 Å². The van der Waals surface area contributed by atoms with Crippen LogP contribution < -0.4 is 15.5 Å². The fourth-order valence-electron chi connectivity index (χ4n) is 3.45. The minimum absolute atomic E-state index is 0.